The van der Waals surface area contributed by atoms with E-state index < -0.39 is 39.4 Å². The van der Waals surface area contributed by atoms with Gasteiger partial charge in [-0.15, -0.1) is 0 Å². The van der Waals surface area contributed by atoms with E-state index in [4.69, 9.17) is 28.9 Å². The fourth-order valence-corrected chi connectivity index (χ4v) is 3.01. The van der Waals surface area contributed by atoms with Crippen LogP contribution in [0.3, 0.4) is 0 Å². The van der Waals surface area contributed by atoms with Crippen LogP contribution in [-0.4, -0.2) is 24.8 Å². The summed E-state index contributed by atoms with van der Waals surface area (Å²) in [5, 5.41) is 8.57. The molecule has 7 nitrogen and oxygen atoms in total. The smallest absolute Gasteiger partial charge is 0.339 e. The molecule has 2 rings (SSSR count). The number of nitrogens with zero attached hydrogens (tertiary/aromatic N) is 3. The van der Waals surface area contributed by atoms with Crippen LogP contribution in [0.4, 0.5) is 4.39 Å². The van der Waals surface area contributed by atoms with Gasteiger partial charge in [0.2, 0.25) is 0 Å². The van der Waals surface area contributed by atoms with Crippen molar-refractivity contribution in [1.82, 2.24) is 13.7 Å². The first-order valence-electron chi connectivity index (χ1n) is 6.94. The zero-order valence-corrected chi connectivity index (χ0v) is 14.3. The molecule has 0 fully saturated rings. The molecule has 0 unspecified atom stereocenters. The van der Waals surface area contributed by atoms with Gasteiger partial charge in [0.25, 0.3) is 0 Å². The number of carboxylic acid groups (broad SMARTS) is 1. The average molecular weight is 374 g/mol. The molecule has 0 aliphatic carbocycles. The van der Waals surface area contributed by atoms with Crippen molar-refractivity contribution < 1.29 is 14.3 Å². The molecule has 0 bridgehead atoms. The lowest BCUT2D eigenvalue weighted by atomic mass is 10.2. The van der Waals surface area contributed by atoms with E-state index in [1.165, 1.54) is 0 Å². The quantitative estimate of drug-likeness (QED) is 0.829. The van der Waals surface area contributed by atoms with Crippen molar-refractivity contribution in [2.75, 3.05) is 0 Å². The summed E-state index contributed by atoms with van der Waals surface area (Å²) >= 11 is 11.1. The topological polar surface area (TPSA) is 86.2 Å². The summed E-state index contributed by atoms with van der Waals surface area (Å²) in [5.74, 6) is -2.40. The second-order valence-corrected chi connectivity index (χ2v) is 5.48. The molecule has 0 amide bonds. The van der Waals surface area contributed by atoms with Gasteiger partial charge in [0.15, 0.2) is 4.77 Å². The Hall–Kier alpha value is -2.26. The van der Waals surface area contributed by atoms with E-state index in [0.29, 0.717) is 4.57 Å². The summed E-state index contributed by atoms with van der Waals surface area (Å²) in [6, 6.07) is 1.80. The zero-order valence-electron chi connectivity index (χ0n) is 12.7. The SMILES string of the molecule is CCn1c(=S)n(CC)c(=O)n(-c2c(F)ccc(C(=O)O)c2Cl)c1=O. The first kappa shape index (κ1) is 18.1. The summed E-state index contributed by atoms with van der Waals surface area (Å²) in [6.07, 6.45) is 0. The molecule has 1 aromatic carbocycles. The van der Waals surface area contributed by atoms with Gasteiger partial charge in [-0.3, -0.25) is 9.13 Å². The van der Waals surface area contributed by atoms with Gasteiger partial charge in [0.1, 0.15) is 11.5 Å². The van der Waals surface area contributed by atoms with Crippen molar-refractivity contribution in [1.29, 1.82) is 0 Å². The second-order valence-electron chi connectivity index (χ2n) is 4.73. The molecule has 0 atom stereocenters. The summed E-state index contributed by atoms with van der Waals surface area (Å²) in [5.41, 5.74) is -2.81. The number of carboxylic acids is 1. The highest BCUT2D eigenvalue weighted by Crippen LogP contribution is 2.26. The first-order chi connectivity index (χ1) is 11.3. The number of carbonyl (C=O) groups is 1. The van der Waals surface area contributed by atoms with Crippen molar-refractivity contribution >= 4 is 29.8 Å². The van der Waals surface area contributed by atoms with E-state index >= 15 is 0 Å². The lowest BCUT2D eigenvalue weighted by molar-refractivity contribution is 0.0697. The molecule has 1 N–H and O–H groups in total. The van der Waals surface area contributed by atoms with Gasteiger partial charge in [0.05, 0.1) is 10.6 Å². The maximum Gasteiger partial charge on any atom is 0.339 e. The third kappa shape index (κ3) is 2.69. The van der Waals surface area contributed by atoms with Crippen LogP contribution in [0.5, 0.6) is 0 Å². The highest BCUT2D eigenvalue weighted by Gasteiger charge is 2.22. The Morgan fingerprint density at radius 1 is 1.21 bits per heavy atom. The Morgan fingerprint density at radius 3 is 2.12 bits per heavy atom. The molecule has 0 aliphatic rings. The van der Waals surface area contributed by atoms with Crippen LogP contribution in [0.15, 0.2) is 21.7 Å². The molecule has 10 heteroatoms. The van der Waals surface area contributed by atoms with Crippen molar-refractivity contribution in [3.05, 3.63) is 54.3 Å². The number of rotatable bonds is 4. The van der Waals surface area contributed by atoms with Crippen LogP contribution in [0.1, 0.15) is 24.2 Å². The Kier molecular flexibility index (Phi) is 5.05. The number of aromatic carboxylic acids is 1. The number of hydrogen-bond donors (Lipinski definition) is 1. The number of aromatic nitrogens is 3. The molecule has 0 aliphatic heterocycles. The largest absolute Gasteiger partial charge is 0.478 e. The van der Waals surface area contributed by atoms with Crippen LogP contribution in [0.2, 0.25) is 5.02 Å². The fourth-order valence-electron chi connectivity index (χ4n) is 2.28. The van der Waals surface area contributed by atoms with Gasteiger partial charge in [-0.1, -0.05) is 11.6 Å². The van der Waals surface area contributed by atoms with Gasteiger partial charge in [-0.25, -0.2) is 23.3 Å². The van der Waals surface area contributed by atoms with Gasteiger partial charge in [-0.2, -0.15) is 0 Å². The minimum absolute atomic E-state index is 0.00262. The summed E-state index contributed by atoms with van der Waals surface area (Å²) in [4.78, 5) is 36.3. The average Bonchev–Trinajstić information content (AvgIpc) is 2.50. The minimum Gasteiger partial charge on any atom is -0.478 e. The van der Waals surface area contributed by atoms with E-state index in [9.17, 15) is 18.8 Å². The number of hydrogen-bond acceptors (Lipinski definition) is 4. The Labute approximate surface area is 145 Å². The first-order valence-corrected chi connectivity index (χ1v) is 7.73. The number of halogens is 2. The van der Waals surface area contributed by atoms with Gasteiger partial charge in [0, 0.05) is 13.1 Å². The third-order valence-corrected chi connectivity index (χ3v) is 4.28. The van der Waals surface area contributed by atoms with Crippen LogP contribution >= 0.6 is 23.8 Å². The molecule has 1 aromatic heterocycles. The van der Waals surface area contributed by atoms with E-state index in [2.05, 4.69) is 0 Å². The van der Waals surface area contributed by atoms with Gasteiger partial charge >= 0.3 is 17.3 Å². The normalized spacial score (nSPS) is 10.8. The molecule has 0 spiro atoms. The predicted octanol–water partition coefficient (Wildman–Crippen LogP) is 2.06. The van der Waals surface area contributed by atoms with Crippen LogP contribution in [0, 0.1) is 10.6 Å². The molecule has 1 heterocycles. The maximum atomic E-state index is 14.3. The zero-order chi connectivity index (χ0) is 18.2. The summed E-state index contributed by atoms with van der Waals surface area (Å²) in [6.45, 7) is 3.57. The lowest BCUT2D eigenvalue weighted by Gasteiger charge is -2.15. The van der Waals surface area contributed by atoms with Crippen molar-refractivity contribution in [3.63, 3.8) is 0 Å². The van der Waals surface area contributed by atoms with Crippen LogP contribution in [0.25, 0.3) is 5.69 Å². The summed E-state index contributed by atoms with van der Waals surface area (Å²) < 4.78 is 17.0. The monoisotopic (exact) mass is 373 g/mol. The third-order valence-electron chi connectivity index (χ3n) is 3.46. The minimum atomic E-state index is -1.41. The highest BCUT2D eigenvalue weighted by molar-refractivity contribution is 7.71. The van der Waals surface area contributed by atoms with Crippen molar-refractivity contribution in [3.8, 4) is 5.69 Å². The highest BCUT2D eigenvalue weighted by atomic mass is 35.5. The molecule has 128 valence electrons. The maximum absolute atomic E-state index is 14.3. The Balaban J connectivity index is 3.07. The predicted molar refractivity (Wildman–Crippen MR) is 88.4 cm³/mol. The molecule has 0 saturated heterocycles. The Bertz CT molecular complexity index is 967. The lowest BCUT2D eigenvalue weighted by Crippen LogP contribution is -2.45. The van der Waals surface area contributed by atoms with Crippen molar-refractivity contribution in [2.24, 2.45) is 0 Å². The van der Waals surface area contributed by atoms with E-state index in [1.54, 1.807) is 13.8 Å². The van der Waals surface area contributed by atoms with Gasteiger partial charge in [-0.05, 0) is 38.2 Å². The van der Waals surface area contributed by atoms with Gasteiger partial charge < -0.3 is 5.11 Å². The molecule has 0 saturated carbocycles. The van der Waals surface area contributed by atoms with Crippen LogP contribution in [-0.2, 0) is 13.1 Å². The molecular weight excluding hydrogens is 361 g/mol. The Morgan fingerprint density at radius 2 is 1.71 bits per heavy atom. The fraction of sp³-hybridized carbons (Fsp3) is 0.286. The molecular formula is C14H13ClFN3O4S. The van der Waals surface area contributed by atoms with E-state index in [-0.39, 0.29) is 17.9 Å². The summed E-state index contributed by atoms with van der Waals surface area (Å²) in [7, 11) is 0. The molecule has 24 heavy (non-hydrogen) atoms. The van der Waals surface area contributed by atoms with E-state index in [1.807, 2.05) is 0 Å². The number of benzene rings is 1. The standard InChI is InChI=1S/C14H13ClFN3O4S/c1-3-17-12(22)19(13(23)18(4-2)14(17)24)10-8(16)6-5-7(9(10)15)11(20)21/h5-6H,3-4H2,1-2H3,(H,20,21). The second kappa shape index (κ2) is 6.70. The van der Waals surface area contributed by atoms with Crippen molar-refractivity contribution in [2.45, 2.75) is 26.9 Å². The molecule has 2 aromatic rings. The molecule has 0 radical (unpaired) electrons. The van der Waals surface area contributed by atoms with E-state index in [0.717, 1.165) is 21.3 Å². The van der Waals surface area contributed by atoms with Crippen LogP contribution < -0.4 is 11.4 Å².